The Morgan fingerprint density at radius 1 is 1.39 bits per heavy atom. The van der Waals surface area contributed by atoms with Gasteiger partial charge in [-0.05, 0) is 11.5 Å². The van der Waals surface area contributed by atoms with Crippen molar-refractivity contribution in [3.05, 3.63) is 42.1 Å². The smallest absolute Gasteiger partial charge is 0.320 e. The Hall–Kier alpha value is -1.88. The van der Waals surface area contributed by atoms with Gasteiger partial charge in [-0.2, -0.15) is 0 Å². The minimum absolute atomic E-state index is 0.162. The average molecular weight is 266 g/mol. The number of aromatic nitrogens is 2. The number of hydrogen-bond acceptors (Lipinski definition) is 4. The number of benzene rings is 1. The first-order valence-electron chi connectivity index (χ1n) is 5.49. The minimum Gasteiger partial charge on any atom is -0.861 e. The molecule has 18 heavy (non-hydrogen) atoms. The molecule has 0 fully saturated rings. The number of hydrogen-bond donors (Lipinski definition) is 0. The number of halogens is 1. The second-order valence-corrected chi connectivity index (χ2v) is 3.95. The highest BCUT2D eigenvalue weighted by Crippen LogP contribution is 2.06. The molecule has 0 saturated heterocycles. The van der Waals surface area contributed by atoms with E-state index in [4.69, 9.17) is 16.1 Å². The second kappa shape index (κ2) is 6.16. The summed E-state index contributed by atoms with van der Waals surface area (Å²) in [6, 6.07) is 10.0. The number of aliphatic imine (C=N–C) groups is 1. The summed E-state index contributed by atoms with van der Waals surface area (Å²) in [5.74, 6) is -0.429. The van der Waals surface area contributed by atoms with E-state index in [2.05, 4.69) is 10.3 Å². The van der Waals surface area contributed by atoms with Crippen molar-refractivity contribution >= 4 is 23.4 Å². The van der Waals surface area contributed by atoms with Gasteiger partial charge in [-0.15, -0.1) is 11.6 Å². The highest BCUT2D eigenvalue weighted by molar-refractivity contribution is 6.26. The predicted molar refractivity (Wildman–Crippen MR) is 64.7 cm³/mol. The van der Waals surface area contributed by atoms with E-state index < -0.39 is 5.90 Å². The van der Waals surface area contributed by atoms with E-state index in [0.717, 1.165) is 6.42 Å². The third-order valence-electron chi connectivity index (χ3n) is 2.32. The van der Waals surface area contributed by atoms with Gasteiger partial charge >= 0.3 is 5.88 Å². The first-order chi connectivity index (χ1) is 8.78. The molecule has 0 aliphatic carbocycles. The highest BCUT2D eigenvalue weighted by atomic mass is 35.5. The van der Waals surface area contributed by atoms with E-state index >= 15 is 0 Å². The standard InChI is InChI=1S/C12H12ClN3O2/c13-8-11(17)14-12-9-16(15-18-12)7-6-10-4-2-1-3-5-10/h1-5,9H,6-8H2. The molecule has 1 aromatic carbocycles. The van der Waals surface area contributed by atoms with Gasteiger partial charge in [0.1, 0.15) is 0 Å². The Kier molecular flexibility index (Phi) is 4.30. The quantitative estimate of drug-likeness (QED) is 0.348. The molecule has 5 nitrogen and oxygen atoms in total. The average Bonchev–Trinajstić information content (AvgIpc) is 2.85. The van der Waals surface area contributed by atoms with Crippen LogP contribution in [-0.4, -0.2) is 17.0 Å². The zero-order valence-electron chi connectivity index (χ0n) is 9.62. The van der Waals surface area contributed by atoms with Crippen LogP contribution in [0.25, 0.3) is 0 Å². The maximum Gasteiger partial charge on any atom is 0.320 e. The minimum atomic E-state index is -0.442. The summed E-state index contributed by atoms with van der Waals surface area (Å²) in [5, 5.41) is 14.7. The van der Waals surface area contributed by atoms with Crippen LogP contribution in [0.15, 0.2) is 46.0 Å². The number of aryl methyl sites for hydroxylation is 2. The molecule has 6 heteroatoms. The van der Waals surface area contributed by atoms with Gasteiger partial charge in [-0.1, -0.05) is 35.0 Å². The molecule has 0 spiro atoms. The van der Waals surface area contributed by atoms with Crippen LogP contribution in [0.3, 0.4) is 0 Å². The molecule has 0 atom stereocenters. The monoisotopic (exact) mass is 265 g/mol. The molecule has 2 aromatic rings. The zero-order chi connectivity index (χ0) is 12.8. The molecule has 2 rings (SSSR count). The third-order valence-corrected chi connectivity index (χ3v) is 2.55. The number of nitrogens with zero attached hydrogens (tertiary/aromatic N) is 3. The van der Waals surface area contributed by atoms with Crippen molar-refractivity contribution in [3.63, 3.8) is 0 Å². The van der Waals surface area contributed by atoms with Crippen molar-refractivity contribution in [3.8, 4) is 0 Å². The van der Waals surface area contributed by atoms with Crippen LogP contribution in [0.5, 0.6) is 0 Å². The fraction of sp³-hybridized carbons (Fsp3) is 0.250. The molecule has 1 aromatic heterocycles. The third kappa shape index (κ3) is 3.56. The largest absolute Gasteiger partial charge is 0.861 e. The highest BCUT2D eigenvalue weighted by Gasteiger charge is 2.10. The fourth-order valence-electron chi connectivity index (χ4n) is 1.46. The summed E-state index contributed by atoms with van der Waals surface area (Å²) in [6.07, 6.45) is 2.41. The molecule has 0 saturated carbocycles. The van der Waals surface area contributed by atoms with Crippen LogP contribution in [-0.2, 0) is 13.0 Å². The first kappa shape index (κ1) is 12.6. The number of rotatable bonds is 5. The summed E-state index contributed by atoms with van der Waals surface area (Å²) in [7, 11) is 0. The predicted octanol–water partition coefficient (Wildman–Crippen LogP) is 0.834. The molecule has 0 unspecified atom stereocenters. The Balaban J connectivity index is 1.95. The van der Waals surface area contributed by atoms with Gasteiger partial charge in [0.2, 0.25) is 5.27 Å². The van der Waals surface area contributed by atoms with Crippen molar-refractivity contribution in [1.82, 2.24) is 5.27 Å². The lowest BCUT2D eigenvalue weighted by Crippen LogP contribution is -2.35. The van der Waals surface area contributed by atoms with Gasteiger partial charge in [0.25, 0.3) is 6.20 Å². The lowest BCUT2D eigenvalue weighted by molar-refractivity contribution is -0.761. The van der Waals surface area contributed by atoms with Gasteiger partial charge in [-0.25, -0.2) is 4.99 Å². The van der Waals surface area contributed by atoms with E-state index in [1.165, 1.54) is 5.56 Å². The second-order valence-electron chi connectivity index (χ2n) is 3.68. The Bertz CT molecular complexity index is 525. The number of alkyl halides is 1. The molecule has 1 heterocycles. The van der Waals surface area contributed by atoms with Crippen LogP contribution in [0.4, 0.5) is 5.88 Å². The molecule has 0 bridgehead atoms. The van der Waals surface area contributed by atoms with E-state index in [1.807, 2.05) is 30.3 Å². The van der Waals surface area contributed by atoms with E-state index in [-0.39, 0.29) is 11.8 Å². The van der Waals surface area contributed by atoms with Crippen molar-refractivity contribution in [2.75, 3.05) is 5.88 Å². The topological polar surface area (TPSA) is 65.3 Å². The molecule has 94 valence electrons. The van der Waals surface area contributed by atoms with Gasteiger partial charge in [0, 0.05) is 6.42 Å². The lowest BCUT2D eigenvalue weighted by Gasteiger charge is -2.00. The van der Waals surface area contributed by atoms with E-state index in [1.54, 1.807) is 10.9 Å². The van der Waals surface area contributed by atoms with Gasteiger partial charge in [-0.3, -0.25) is 4.52 Å². The molecule has 0 radical (unpaired) electrons. The molecular formula is C12H12ClN3O2. The van der Waals surface area contributed by atoms with Gasteiger partial charge in [0.15, 0.2) is 6.54 Å². The Morgan fingerprint density at radius 3 is 2.89 bits per heavy atom. The van der Waals surface area contributed by atoms with Gasteiger partial charge < -0.3 is 5.11 Å². The van der Waals surface area contributed by atoms with Crippen molar-refractivity contribution in [2.45, 2.75) is 13.0 Å². The molecule has 0 aliphatic heterocycles. The van der Waals surface area contributed by atoms with Crippen molar-refractivity contribution < 1.29 is 14.3 Å². The molecule has 0 N–H and O–H groups in total. The Labute approximate surface area is 109 Å². The van der Waals surface area contributed by atoms with Gasteiger partial charge in [0.05, 0.1) is 5.88 Å². The zero-order valence-corrected chi connectivity index (χ0v) is 10.4. The van der Waals surface area contributed by atoms with Crippen LogP contribution in [0.1, 0.15) is 5.56 Å². The summed E-state index contributed by atoms with van der Waals surface area (Å²) in [4.78, 5) is 3.63. The van der Waals surface area contributed by atoms with E-state index in [0.29, 0.717) is 6.54 Å². The van der Waals surface area contributed by atoms with Crippen molar-refractivity contribution in [2.24, 2.45) is 4.99 Å². The molecule has 0 amide bonds. The SMILES string of the molecule is [O-]/C(CCl)=N\c1c[n+](CCc2ccccc2)no1. The van der Waals surface area contributed by atoms with Crippen LogP contribution < -0.4 is 9.79 Å². The van der Waals surface area contributed by atoms with Crippen molar-refractivity contribution in [1.29, 1.82) is 0 Å². The van der Waals surface area contributed by atoms with Crippen LogP contribution in [0, 0.1) is 0 Å². The fourth-order valence-corrected chi connectivity index (χ4v) is 1.52. The maximum atomic E-state index is 11.0. The maximum absolute atomic E-state index is 11.0. The molecular weight excluding hydrogens is 254 g/mol. The van der Waals surface area contributed by atoms with Crippen LogP contribution in [0.2, 0.25) is 0 Å². The van der Waals surface area contributed by atoms with E-state index in [9.17, 15) is 5.11 Å². The summed E-state index contributed by atoms with van der Waals surface area (Å²) in [6.45, 7) is 0.665. The normalized spacial score (nSPS) is 11.7. The summed E-state index contributed by atoms with van der Waals surface area (Å²) < 4.78 is 6.50. The Morgan fingerprint density at radius 2 is 2.17 bits per heavy atom. The summed E-state index contributed by atoms with van der Waals surface area (Å²) in [5.41, 5.74) is 1.21. The van der Waals surface area contributed by atoms with Crippen LogP contribution >= 0.6 is 11.6 Å². The first-order valence-corrected chi connectivity index (χ1v) is 6.02. The summed E-state index contributed by atoms with van der Waals surface area (Å²) >= 11 is 5.34. The molecule has 0 aliphatic rings. The lowest BCUT2D eigenvalue weighted by atomic mass is 10.1.